The van der Waals surface area contributed by atoms with Gasteiger partial charge in [-0.2, -0.15) is 0 Å². The second-order valence-corrected chi connectivity index (χ2v) is 7.85. The molecule has 0 aliphatic rings. The van der Waals surface area contributed by atoms with Crippen LogP contribution in [-0.4, -0.2) is 77.7 Å². The van der Waals surface area contributed by atoms with Crippen molar-refractivity contribution in [1.82, 2.24) is 20.0 Å². The molecule has 0 unspecified atom stereocenters. The minimum absolute atomic E-state index is 0.0454. The number of urea groups is 2. The molecule has 0 aromatic heterocycles. The Labute approximate surface area is 179 Å². The van der Waals surface area contributed by atoms with Crippen molar-refractivity contribution in [3.05, 3.63) is 0 Å². The van der Waals surface area contributed by atoms with Crippen molar-refractivity contribution in [2.75, 3.05) is 21.1 Å². The van der Waals surface area contributed by atoms with E-state index < -0.39 is 30.1 Å². The summed E-state index contributed by atoms with van der Waals surface area (Å²) in [7, 11) is 4.22. The van der Waals surface area contributed by atoms with E-state index >= 15 is 0 Å². The highest BCUT2D eigenvalue weighted by atomic mass is 16.2. The molecule has 0 heterocycles. The maximum absolute atomic E-state index is 13.2. The van der Waals surface area contributed by atoms with Crippen molar-refractivity contribution >= 4 is 29.8 Å². The van der Waals surface area contributed by atoms with E-state index in [9.17, 15) is 24.0 Å². The monoisotopic (exact) mass is 427 g/mol. The molecule has 0 aromatic rings. The lowest BCUT2D eigenvalue weighted by molar-refractivity contribution is -0.148. The van der Waals surface area contributed by atoms with E-state index in [1.807, 2.05) is 27.7 Å². The summed E-state index contributed by atoms with van der Waals surface area (Å²) in [6.45, 7) is 7.57. The predicted octanol–water partition coefficient (Wildman–Crippen LogP) is 1.53. The smallest absolute Gasteiger partial charge is 0.331 e. The summed E-state index contributed by atoms with van der Waals surface area (Å²) >= 11 is 0. The fraction of sp³-hybridized carbons (Fsp3) is 0.750. The van der Waals surface area contributed by atoms with Crippen molar-refractivity contribution in [2.24, 2.45) is 11.7 Å². The first-order valence-electron chi connectivity index (χ1n) is 10.3. The zero-order valence-electron chi connectivity index (χ0n) is 19.2. The summed E-state index contributed by atoms with van der Waals surface area (Å²) in [6.07, 6.45) is 2.43. The van der Waals surface area contributed by atoms with Gasteiger partial charge in [-0.05, 0) is 25.2 Å². The zero-order valence-corrected chi connectivity index (χ0v) is 19.2. The quantitative estimate of drug-likeness (QED) is 0.545. The van der Waals surface area contributed by atoms with E-state index in [1.165, 1.54) is 16.8 Å². The highest BCUT2D eigenvalue weighted by Crippen LogP contribution is 2.17. The number of nitrogens with one attached hydrogen (secondary N) is 1. The summed E-state index contributed by atoms with van der Waals surface area (Å²) in [5.41, 5.74) is 5.05. The number of hydrogen-bond acceptors (Lipinski definition) is 5. The summed E-state index contributed by atoms with van der Waals surface area (Å²) in [6, 6.07) is -3.63. The molecule has 0 saturated carbocycles. The van der Waals surface area contributed by atoms with Crippen molar-refractivity contribution in [2.45, 2.75) is 71.9 Å². The second-order valence-electron chi connectivity index (χ2n) is 7.85. The average Bonchev–Trinajstić information content (AvgIpc) is 2.67. The van der Waals surface area contributed by atoms with Crippen LogP contribution >= 0.6 is 0 Å². The van der Waals surface area contributed by atoms with Crippen LogP contribution < -0.4 is 11.1 Å². The average molecular weight is 428 g/mol. The van der Waals surface area contributed by atoms with Crippen LogP contribution in [0.25, 0.3) is 0 Å². The minimum Gasteiger partial charge on any atom is -0.351 e. The lowest BCUT2D eigenvalue weighted by Crippen LogP contribution is -2.57. The van der Waals surface area contributed by atoms with E-state index in [0.717, 1.165) is 7.05 Å². The summed E-state index contributed by atoms with van der Waals surface area (Å²) in [5.74, 6) is -1.18. The SMILES string of the molecule is CCCC(=O)N(C)[C@H](CCC)C(=O)N(C)[C@@H](CC(C)C)C(=O)NC(=O)N(C)C(N)=O. The normalized spacial score (nSPS) is 12.7. The maximum atomic E-state index is 13.2. The molecule has 0 fully saturated rings. The Morgan fingerprint density at radius 3 is 1.90 bits per heavy atom. The van der Waals surface area contributed by atoms with E-state index in [4.69, 9.17) is 5.73 Å². The molecule has 0 aliphatic heterocycles. The minimum atomic E-state index is -1.01. The van der Waals surface area contributed by atoms with Gasteiger partial charge in [0, 0.05) is 27.6 Å². The molecular weight excluding hydrogens is 390 g/mol. The van der Waals surface area contributed by atoms with Crippen molar-refractivity contribution in [3.63, 3.8) is 0 Å². The Balaban J connectivity index is 5.65. The molecule has 30 heavy (non-hydrogen) atoms. The van der Waals surface area contributed by atoms with E-state index in [-0.39, 0.29) is 17.7 Å². The third kappa shape index (κ3) is 8.00. The number of nitrogens with zero attached hydrogens (tertiary/aromatic N) is 3. The molecule has 0 radical (unpaired) electrons. The van der Waals surface area contributed by atoms with Gasteiger partial charge in [0.1, 0.15) is 12.1 Å². The number of amides is 7. The molecule has 0 rings (SSSR count). The Hall–Kier alpha value is -2.65. The highest BCUT2D eigenvalue weighted by Gasteiger charge is 2.35. The van der Waals surface area contributed by atoms with Gasteiger partial charge in [0.25, 0.3) is 5.91 Å². The number of primary amides is 1. The van der Waals surface area contributed by atoms with Crippen LogP contribution in [0.2, 0.25) is 0 Å². The van der Waals surface area contributed by atoms with E-state index in [2.05, 4.69) is 5.32 Å². The molecule has 0 bridgehead atoms. The Morgan fingerprint density at radius 1 is 0.900 bits per heavy atom. The number of hydrogen-bond donors (Lipinski definition) is 2. The van der Waals surface area contributed by atoms with Gasteiger partial charge in [0.05, 0.1) is 0 Å². The molecule has 0 aliphatic carbocycles. The number of carbonyl (C=O) groups is 5. The van der Waals surface area contributed by atoms with Gasteiger partial charge in [-0.25, -0.2) is 14.5 Å². The van der Waals surface area contributed by atoms with Crippen LogP contribution in [0.1, 0.15) is 59.8 Å². The second kappa shape index (κ2) is 12.8. The van der Waals surface area contributed by atoms with E-state index in [1.54, 1.807) is 7.05 Å². The number of carbonyl (C=O) groups excluding carboxylic acids is 5. The molecule has 0 saturated heterocycles. The number of likely N-dealkylation sites (N-methyl/N-ethyl adjacent to an activating group) is 2. The van der Waals surface area contributed by atoms with Gasteiger partial charge < -0.3 is 15.5 Å². The Bertz CT molecular complexity index is 637. The van der Waals surface area contributed by atoms with Crippen LogP contribution in [-0.2, 0) is 14.4 Å². The molecular formula is C20H37N5O5. The van der Waals surface area contributed by atoms with Crippen LogP contribution in [0, 0.1) is 5.92 Å². The topological polar surface area (TPSA) is 133 Å². The molecule has 10 nitrogen and oxygen atoms in total. The largest absolute Gasteiger partial charge is 0.351 e. The molecule has 2 atom stereocenters. The molecule has 0 aromatic carbocycles. The van der Waals surface area contributed by atoms with Gasteiger partial charge in [-0.15, -0.1) is 0 Å². The third-order valence-corrected chi connectivity index (χ3v) is 4.85. The highest BCUT2D eigenvalue weighted by molar-refractivity contribution is 6.03. The summed E-state index contributed by atoms with van der Waals surface area (Å²) in [4.78, 5) is 64.8. The molecule has 0 spiro atoms. The first kappa shape index (κ1) is 27.4. The fourth-order valence-corrected chi connectivity index (χ4v) is 2.97. The Kier molecular flexibility index (Phi) is 11.7. The molecule has 7 amide bonds. The molecule has 172 valence electrons. The van der Waals surface area contributed by atoms with Gasteiger partial charge >= 0.3 is 12.1 Å². The Morgan fingerprint density at radius 2 is 1.47 bits per heavy atom. The first-order chi connectivity index (χ1) is 13.9. The standard InChI is InChI=1S/C20H37N5O5/c1-8-10-14(23(5)16(26)11-9-2)18(28)24(6)15(12-13(3)4)17(27)22-20(30)25(7)19(21)29/h13-15H,8-12H2,1-7H3,(H2,21,29)(H,22,27,30)/t14-,15+/m1/s1. The summed E-state index contributed by atoms with van der Waals surface area (Å²) < 4.78 is 0. The first-order valence-corrected chi connectivity index (χ1v) is 10.3. The van der Waals surface area contributed by atoms with Gasteiger partial charge in [0.15, 0.2) is 0 Å². The van der Waals surface area contributed by atoms with Crippen molar-refractivity contribution < 1.29 is 24.0 Å². The van der Waals surface area contributed by atoms with Crippen LogP contribution in [0.5, 0.6) is 0 Å². The predicted molar refractivity (Wildman–Crippen MR) is 113 cm³/mol. The number of nitrogens with two attached hydrogens (primary N) is 1. The molecule has 3 N–H and O–H groups in total. The zero-order chi connectivity index (χ0) is 23.6. The third-order valence-electron chi connectivity index (χ3n) is 4.85. The van der Waals surface area contributed by atoms with Crippen LogP contribution in [0.4, 0.5) is 9.59 Å². The van der Waals surface area contributed by atoms with Crippen molar-refractivity contribution in [1.29, 1.82) is 0 Å². The fourth-order valence-electron chi connectivity index (χ4n) is 2.97. The van der Waals surface area contributed by atoms with E-state index in [0.29, 0.717) is 37.0 Å². The van der Waals surface area contributed by atoms with Gasteiger partial charge in [-0.1, -0.05) is 34.1 Å². The van der Waals surface area contributed by atoms with Crippen molar-refractivity contribution in [3.8, 4) is 0 Å². The lowest BCUT2D eigenvalue weighted by Gasteiger charge is -2.35. The van der Waals surface area contributed by atoms with Gasteiger partial charge in [0.2, 0.25) is 11.8 Å². The van der Waals surface area contributed by atoms with Gasteiger partial charge in [-0.3, -0.25) is 19.7 Å². The summed E-state index contributed by atoms with van der Waals surface area (Å²) in [5, 5.41) is 2.12. The van der Waals surface area contributed by atoms with Crippen LogP contribution in [0.3, 0.4) is 0 Å². The number of rotatable bonds is 10. The maximum Gasteiger partial charge on any atom is 0.331 e. The lowest BCUT2D eigenvalue weighted by atomic mass is 10.00. The molecule has 10 heteroatoms. The number of imide groups is 2. The van der Waals surface area contributed by atoms with Crippen LogP contribution in [0.15, 0.2) is 0 Å².